The van der Waals surface area contributed by atoms with Gasteiger partial charge in [0.1, 0.15) is 5.82 Å². The Morgan fingerprint density at radius 3 is 2.65 bits per heavy atom. The Hall–Kier alpha value is -2.71. The number of halogens is 1. The SMILES string of the molecule is CCOC(=O)Cc1c2c(c3ccccn13)CC(N(C)S(=O)(=O)c1ccc(F)cc1)CC2. The molecule has 1 unspecified atom stereocenters. The second-order valence-electron chi connectivity index (χ2n) is 7.71. The third-order valence-electron chi connectivity index (χ3n) is 5.96. The first-order valence-electron chi connectivity index (χ1n) is 10.3. The van der Waals surface area contributed by atoms with Crippen molar-refractivity contribution in [3.8, 4) is 0 Å². The lowest BCUT2D eigenvalue weighted by molar-refractivity contribution is -0.142. The van der Waals surface area contributed by atoms with E-state index in [2.05, 4.69) is 0 Å². The van der Waals surface area contributed by atoms with Crippen LogP contribution in [0.15, 0.2) is 53.6 Å². The number of benzene rings is 1. The van der Waals surface area contributed by atoms with Crippen molar-refractivity contribution in [2.75, 3.05) is 13.7 Å². The van der Waals surface area contributed by atoms with E-state index in [0.29, 0.717) is 25.9 Å². The lowest BCUT2D eigenvalue weighted by atomic mass is 9.88. The Kier molecular flexibility index (Phi) is 5.85. The van der Waals surface area contributed by atoms with Crippen molar-refractivity contribution < 1.29 is 22.3 Å². The van der Waals surface area contributed by atoms with E-state index in [4.69, 9.17) is 4.74 Å². The predicted molar refractivity (Wildman–Crippen MR) is 115 cm³/mol. The molecule has 8 heteroatoms. The molecular formula is C23H25FN2O4S. The first-order valence-corrected chi connectivity index (χ1v) is 11.8. The van der Waals surface area contributed by atoms with Crippen molar-refractivity contribution in [2.45, 2.75) is 43.5 Å². The zero-order valence-electron chi connectivity index (χ0n) is 17.5. The lowest BCUT2D eigenvalue weighted by Crippen LogP contribution is -2.40. The van der Waals surface area contributed by atoms with Crippen LogP contribution in [-0.2, 0) is 38.8 Å². The highest BCUT2D eigenvalue weighted by Crippen LogP contribution is 2.34. The summed E-state index contributed by atoms with van der Waals surface area (Å²) in [6, 6.07) is 10.5. The average Bonchev–Trinajstić information content (AvgIpc) is 3.07. The van der Waals surface area contributed by atoms with Crippen molar-refractivity contribution in [1.29, 1.82) is 0 Å². The smallest absolute Gasteiger partial charge is 0.311 e. The number of ether oxygens (including phenoxy) is 1. The van der Waals surface area contributed by atoms with Crippen LogP contribution in [0.1, 0.15) is 30.2 Å². The Labute approximate surface area is 181 Å². The van der Waals surface area contributed by atoms with Crippen LogP contribution in [0, 0.1) is 5.82 Å². The molecule has 1 atom stereocenters. The van der Waals surface area contributed by atoms with E-state index >= 15 is 0 Å². The summed E-state index contributed by atoms with van der Waals surface area (Å²) in [5.41, 5.74) is 4.06. The van der Waals surface area contributed by atoms with Crippen LogP contribution in [0.2, 0.25) is 0 Å². The largest absolute Gasteiger partial charge is 0.466 e. The second kappa shape index (κ2) is 8.43. The molecule has 2 aromatic heterocycles. The summed E-state index contributed by atoms with van der Waals surface area (Å²) in [6.07, 6.45) is 3.96. The molecular weight excluding hydrogens is 419 g/mol. The topological polar surface area (TPSA) is 68.1 Å². The molecule has 4 rings (SSSR count). The molecule has 1 aliphatic rings. The van der Waals surface area contributed by atoms with Gasteiger partial charge < -0.3 is 9.14 Å². The quantitative estimate of drug-likeness (QED) is 0.547. The number of hydrogen-bond donors (Lipinski definition) is 0. The van der Waals surface area contributed by atoms with Gasteiger partial charge in [0.15, 0.2) is 0 Å². The minimum Gasteiger partial charge on any atom is -0.466 e. The van der Waals surface area contributed by atoms with E-state index in [1.54, 1.807) is 14.0 Å². The van der Waals surface area contributed by atoms with Crippen molar-refractivity contribution in [2.24, 2.45) is 0 Å². The standard InChI is InChI=1S/C23H25FN2O4S/c1-3-30-23(27)15-22-19-12-9-17(14-20(19)21-6-4-5-13-26(21)22)25(2)31(28,29)18-10-7-16(24)8-11-18/h4-8,10-11,13,17H,3,9,12,14-15H2,1-2H3. The van der Waals surface area contributed by atoms with Crippen molar-refractivity contribution >= 4 is 21.5 Å². The van der Waals surface area contributed by atoms with Crippen LogP contribution >= 0.6 is 0 Å². The Morgan fingerprint density at radius 1 is 1.19 bits per heavy atom. The average molecular weight is 445 g/mol. The van der Waals surface area contributed by atoms with Crippen molar-refractivity contribution in [1.82, 2.24) is 8.71 Å². The Bertz CT molecular complexity index is 1220. The summed E-state index contributed by atoms with van der Waals surface area (Å²) >= 11 is 0. The summed E-state index contributed by atoms with van der Waals surface area (Å²) in [5.74, 6) is -0.745. The van der Waals surface area contributed by atoms with Gasteiger partial charge in [-0.1, -0.05) is 6.07 Å². The molecule has 0 aliphatic heterocycles. The van der Waals surface area contributed by atoms with Gasteiger partial charge in [-0.2, -0.15) is 4.31 Å². The molecule has 164 valence electrons. The van der Waals surface area contributed by atoms with Crippen LogP contribution < -0.4 is 0 Å². The fraction of sp³-hybridized carbons (Fsp3) is 0.348. The number of carbonyl (C=O) groups excluding carboxylic acids is 1. The number of fused-ring (bicyclic) bond motifs is 3. The summed E-state index contributed by atoms with van der Waals surface area (Å²) in [7, 11) is -2.17. The predicted octanol–water partition coefficient (Wildman–Crippen LogP) is 3.36. The van der Waals surface area contributed by atoms with Gasteiger partial charge in [-0.15, -0.1) is 0 Å². The monoisotopic (exact) mass is 444 g/mol. The van der Waals surface area contributed by atoms with E-state index in [-0.39, 0.29) is 23.3 Å². The molecule has 0 fully saturated rings. The van der Waals surface area contributed by atoms with Crippen molar-refractivity contribution in [3.63, 3.8) is 0 Å². The highest BCUT2D eigenvalue weighted by Gasteiger charge is 2.33. The fourth-order valence-corrected chi connectivity index (χ4v) is 5.78. The normalized spacial score (nSPS) is 16.5. The van der Waals surface area contributed by atoms with Crippen LogP contribution in [0.3, 0.4) is 0 Å². The first kappa shape index (κ1) is 21.5. The number of carbonyl (C=O) groups is 1. The summed E-state index contributed by atoms with van der Waals surface area (Å²) in [5, 5.41) is 0. The van der Waals surface area contributed by atoms with Gasteiger partial charge in [0.2, 0.25) is 10.0 Å². The third kappa shape index (κ3) is 3.97. The van der Waals surface area contributed by atoms with Gasteiger partial charge in [0.25, 0.3) is 0 Å². The maximum Gasteiger partial charge on any atom is 0.311 e. The molecule has 2 heterocycles. The molecule has 0 amide bonds. The molecule has 0 radical (unpaired) electrons. The van der Waals surface area contributed by atoms with Gasteiger partial charge in [0, 0.05) is 30.5 Å². The van der Waals surface area contributed by atoms with E-state index in [9.17, 15) is 17.6 Å². The van der Waals surface area contributed by atoms with E-state index < -0.39 is 15.8 Å². The van der Waals surface area contributed by atoms with Crippen molar-refractivity contribution in [3.05, 3.63) is 71.3 Å². The molecule has 1 aromatic carbocycles. The lowest BCUT2D eigenvalue weighted by Gasteiger charge is -2.31. The molecule has 0 saturated heterocycles. The Balaban J connectivity index is 1.67. The van der Waals surface area contributed by atoms with Crippen LogP contribution in [0.5, 0.6) is 0 Å². The fourth-order valence-electron chi connectivity index (χ4n) is 4.39. The van der Waals surface area contributed by atoms with Crippen LogP contribution in [0.25, 0.3) is 5.52 Å². The number of hydrogen-bond acceptors (Lipinski definition) is 4. The molecule has 1 aliphatic carbocycles. The Morgan fingerprint density at radius 2 is 1.94 bits per heavy atom. The molecule has 0 spiro atoms. The number of aromatic nitrogens is 1. The first-order chi connectivity index (χ1) is 14.8. The number of nitrogens with zero attached hydrogens (tertiary/aromatic N) is 2. The molecule has 0 saturated carbocycles. The van der Waals surface area contributed by atoms with Gasteiger partial charge >= 0.3 is 5.97 Å². The molecule has 31 heavy (non-hydrogen) atoms. The molecule has 0 bridgehead atoms. The maximum atomic E-state index is 13.2. The molecule has 0 N–H and O–H groups in total. The van der Waals surface area contributed by atoms with Crippen LogP contribution in [-0.4, -0.2) is 42.8 Å². The highest BCUT2D eigenvalue weighted by atomic mass is 32.2. The minimum atomic E-state index is -3.74. The van der Waals surface area contributed by atoms with Gasteiger partial charge in [-0.05, 0) is 73.7 Å². The highest BCUT2D eigenvalue weighted by molar-refractivity contribution is 7.89. The van der Waals surface area contributed by atoms with Crippen LogP contribution in [0.4, 0.5) is 4.39 Å². The number of pyridine rings is 1. The summed E-state index contributed by atoms with van der Waals surface area (Å²) in [6.45, 7) is 2.12. The van der Waals surface area contributed by atoms with Gasteiger partial charge in [0.05, 0.1) is 17.9 Å². The van der Waals surface area contributed by atoms with E-state index in [0.717, 1.165) is 34.5 Å². The molecule has 3 aromatic rings. The maximum absolute atomic E-state index is 13.2. The third-order valence-corrected chi connectivity index (χ3v) is 7.89. The number of rotatable bonds is 6. The second-order valence-corrected chi connectivity index (χ2v) is 9.71. The van der Waals surface area contributed by atoms with E-state index in [1.807, 2.05) is 28.8 Å². The molecule has 6 nitrogen and oxygen atoms in total. The summed E-state index contributed by atoms with van der Waals surface area (Å²) < 4.78 is 47.9. The van der Waals surface area contributed by atoms with E-state index in [1.165, 1.54) is 16.4 Å². The number of esters is 1. The number of sulfonamides is 1. The zero-order valence-corrected chi connectivity index (χ0v) is 18.4. The van der Waals surface area contributed by atoms with Gasteiger partial charge in [-0.3, -0.25) is 4.79 Å². The zero-order chi connectivity index (χ0) is 22.2. The summed E-state index contributed by atoms with van der Waals surface area (Å²) in [4.78, 5) is 12.3. The van der Waals surface area contributed by atoms with Gasteiger partial charge in [-0.25, -0.2) is 12.8 Å². The minimum absolute atomic E-state index is 0.0759. The number of likely N-dealkylation sites (N-methyl/N-ethyl adjacent to an activating group) is 1.